The van der Waals surface area contributed by atoms with Crippen LogP contribution in [0.25, 0.3) is 0 Å². The highest BCUT2D eigenvalue weighted by Crippen LogP contribution is 2.19. The van der Waals surface area contributed by atoms with Crippen molar-refractivity contribution in [3.63, 3.8) is 0 Å². The molecule has 0 saturated heterocycles. The summed E-state index contributed by atoms with van der Waals surface area (Å²) in [6, 6.07) is 5.48. The van der Waals surface area contributed by atoms with E-state index in [0.29, 0.717) is 0 Å². The number of benzene rings is 1. The zero-order valence-corrected chi connectivity index (χ0v) is 9.68. The van der Waals surface area contributed by atoms with E-state index in [4.69, 9.17) is 28.3 Å². The smallest absolute Gasteiger partial charge is 0.238 e. The third kappa shape index (κ3) is 2.92. The van der Waals surface area contributed by atoms with Crippen molar-refractivity contribution in [2.24, 2.45) is 5.14 Å². The van der Waals surface area contributed by atoms with Crippen LogP contribution in [0.3, 0.4) is 0 Å². The molecule has 0 unspecified atom stereocenters. The van der Waals surface area contributed by atoms with Crippen LogP contribution in [0.1, 0.15) is 10.4 Å². The normalized spacial score (nSPS) is 11.7. The number of hydrogen-bond acceptors (Lipinski definition) is 3. The Balaban J connectivity index is 3.38. The largest absolute Gasteiger partial charge is 0.291 e. The number of halogens is 2. The van der Waals surface area contributed by atoms with E-state index >= 15 is 0 Å². The number of nitrogens with two attached hydrogens (primary N) is 1. The van der Waals surface area contributed by atoms with Crippen LogP contribution in [0.4, 0.5) is 0 Å². The molecule has 0 aliphatic carbocycles. The topological polar surface area (TPSA) is 77.2 Å². The van der Waals surface area contributed by atoms with Crippen LogP contribution in [0.2, 0.25) is 0 Å². The van der Waals surface area contributed by atoms with Crippen LogP contribution >= 0.6 is 23.2 Å². The molecule has 1 aromatic rings. The molecule has 4 nitrogen and oxygen atoms in total. The monoisotopic (exact) mass is 267 g/mol. The Morgan fingerprint density at radius 1 is 1.27 bits per heavy atom. The van der Waals surface area contributed by atoms with Crippen LogP contribution in [-0.2, 0) is 10.0 Å². The Labute approximate surface area is 97.0 Å². The summed E-state index contributed by atoms with van der Waals surface area (Å²) in [6.07, 6.45) is 0. The van der Waals surface area contributed by atoms with E-state index in [9.17, 15) is 13.2 Å². The van der Waals surface area contributed by atoms with Crippen molar-refractivity contribution in [3.8, 4) is 0 Å². The van der Waals surface area contributed by atoms with E-state index in [1.165, 1.54) is 24.3 Å². The SMILES string of the molecule is NS(=O)(=O)c1ccccc1C(=O)C(Cl)Cl. The van der Waals surface area contributed by atoms with Crippen molar-refractivity contribution in [3.05, 3.63) is 29.8 Å². The molecule has 82 valence electrons. The summed E-state index contributed by atoms with van der Waals surface area (Å²) in [4.78, 5) is 9.84. The Bertz CT molecular complexity index is 484. The average molecular weight is 268 g/mol. The molecule has 1 rings (SSSR count). The van der Waals surface area contributed by atoms with E-state index < -0.39 is 20.6 Å². The lowest BCUT2D eigenvalue weighted by molar-refractivity contribution is 0.100. The third-order valence-corrected chi connectivity index (χ3v) is 3.02. The van der Waals surface area contributed by atoms with Gasteiger partial charge >= 0.3 is 0 Å². The first kappa shape index (κ1) is 12.4. The molecule has 0 fully saturated rings. The van der Waals surface area contributed by atoms with E-state index in [0.717, 1.165) is 0 Å². The molecule has 1 aromatic carbocycles. The van der Waals surface area contributed by atoms with Gasteiger partial charge in [0.1, 0.15) is 0 Å². The fourth-order valence-corrected chi connectivity index (χ4v) is 2.01. The van der Waals surface area contributed by atoms with Crippen LogP contribution in [0, 0.1) is 0 Å². The minimum Gasteiger partial charge on any atom is -0.291 e. The maximum atomic E-state index is 11.4. The molecule has 0 saturated carbocycles. The summed E-state index contributed by atoms with van der Waals surface area (Å²) in [7, 11) is -3.95. The molecule has 15 heavy (non-hydrogen) atoms. The molecular formula is C8H7Cl2NO3S. The lowest BCUT2D eigenvalue weighted by Crippen LogP contribution is -2.19. The zero-order valence-electron chi connectivity index (χ0n) is 7.35. The van der Waals surface area contributed by atoms with Crippen LogP contribution in [-0.4, -0.2) is 19.0 Å². The first-order chi connectivity index (χ1) is 6.84. The number of Topliss-reactive ketones (excluding diaryl/α,β-unsaturated/α-hetero) is 1. The second-order valence-corrected chi connectivity index (χ2v) is 5.33. The zero-order chi connectivity index (χ0) is 11.6. The number of ketones is 1. The Morgan fingerprint density at radius 3 is 2.27 bits per heavy atom. The second-order valence-electron chi connectivity index (χ2n) is 2.71. The van der Waals surface area contributed by atoms with Gasteiger partial charge in [0.05, 0.1) is 4.90 Å². The lowest BCUT2D eigenvalue weighted by Gasteiger charge is -2.06. The first-order valence-corrected chi connectivity index (χ1v) is 6.20. The number of carbonyl (C=O) groups excluding carboxylic acids is 1. The second kappa shape index (κ2) is 4.49. The Hall–Kier alpha value is -0.620. The number of rotatable bonds is 3. The van der Waals surface area contributed by atoms with Gasteiger partial charge in [-0.2, -0.15) is 0 Å². The molecule has 0 bridgehead atoms. The number of primary sulfonamides is 1. The summed E-state index contributed by atoms with van der Waals surface area (Å²) in [6.45, 7) is 0. The summed E-state index contributed by atoms with van der Waals surface area (Å²) in [5.41, 5.74) is -0.102. The molecule has 0 amide bonds. The fourth-order valence-electron chi connectivity index (χ4n) is 1.04. The third-order valence-electron chi connectivity index (χ3n) is 1.66. The van der Waals surface area contributed by atoms with Gasteiger partial charge in [-0.3, -0.25) is 4.79 Å². The Kier molecular flexibility index (Phi) is 3.72. The van der Waals surface area contributed by atoms with Crippen LogP contribution in [0.5, 0.6) is 0 Å². The van der Waals surface area contributed by atoms with Crippen molar-refractivity contribution in [1.29, 1.82) is 0 Å². The van der Waals surface area contributed by atoms with Crippen molar-refractivity contribution < 1.29 is 13.2 Å². The first-order valence-electron chi connectivity index (χ1n) is 3.78. The predicted octanol–water partition coefficient (Wildman–Crippen LogP) is 1.32. The van der Waals surface area contributed by atoms with Gasteiger partial charge in [-0.05, 0) is 12.1 Å². The minimum absolute atomic E-state index is 0.102. The maximum absolute atomic E-state index is 11.4. The molecule has 0 spiro atoms. The number of alkyl halides is 2. The lowest BCUT2D eigenvalue weighted by atomic mass is 10.1. The summed E-state index contributed by atoms with van der Waals surface area (Å²) < 4.78 is 22.2. The molecule has 0 aliphatic rings. The molecule has 0 aromatic heterocycles. The van der Waals surface area contributed by atoms with Crippen molar-refractivity contribution in [1.82, 2.24) is 0 Å². The van der Waals surface area contributed by atoms with Crippen molar-refractivity contribution >= 4 is 39.0 Å². The molecule has 7 heteroatoms. The van der Waals surface area contributed by atoms with Gasteiger partial charge in [0.25, 0.3) is 0 Å². The number of hydrogen-bond donors (Lipinski definition) is 1. The van der Waals surface area contributed by atoms with Crippen LogP contribution in [0.15, 0.2) is 29.2 Å². The highest BCUT2D eigenvalue weighted by Gasteiger charge is 2.22. The van der Waals surface area contributed by atoms with Gasteiger partial charge in [0.2, 0.25) is 10.0 Å². The standard InChI is InChI=1S/C8H7Cl2NO3S/c9-8(10)7(12)5-3-1-2-4-6(5)15(11,13)14/h1-4,8H,(H2,11,13,14). The van der Waals surface area contributed by atoms with E-state index in [1.54, 1.807) is 0 Å². The van der Waals surface area contributed by atoms with Gasteiger partial charge < -0.3 is 0 Å². The molecule has 0 atom stereocenters. The maximum Gasteiger partial charge on any atom is 0.238 e. The molecule has 0 heterocycles. The van der Waals surface area contributed by atoms with Crippen molar-refractivity contribution in [2.75, 3.05) is 0 Å². The summed E-state index contributed by atoms with van der Waals surface area (Å²) in [5.74, 6) is -0.692. The molecule has 2 N–H and O–H groups in total. The average Bonchev–Trinajstić information content (AvgIpc) is 2.15. The van der Waals surface area contributed by atoms with Crippen LogP contribution < -0.4 is 5.14 Å². The van der Waals surface area contributed by atoms with E-state index in [2.05, 4.69) is 0 Å². The van der Waals surface area contributed by atoms with Gasteiger partial charge in [-0.15, -0.1) is 0 Å². The van der Waals surface area contributed by atoms with Gasteiger partial charge in [-0.25, -0.2) is 13.6 Å². The predicted molar refractivity (Wildman–Crippen MR) is 57.6 cm³/mol. The number of sulfonamides is 1. The highest BCUT2D eigenvalue weighted by atomic mass is 35.5. The van der Waals surface area contributed by atoms with E-state index in [1.807, 2.05) is 0 Å². The highest BCUT2D eigenvalue weighted by molar-refractivity contribution is 7.89. The molecule has 0 radical (unpaired) electrons. The molecule has 0 aliphatic heterocycles. The Morgan fingerprint density at radius 2 is 1.80 bits per heavy atom. The molecular weight excluding hydrogens is 261 g/mol. The van der Waals surface area contributed by atoms with Gasteiger partial charge in [0.15, 0.2) is 10.6 Å². The summed E-state index contributed by atoms with van der Waals surface area (Å²) in [5, 5.41) is 4.93. The summed E-state index contributed by atoms with van der Waals surface area (Å²) >= 11 is 10.7. The van der Waals surface area contributed by atoms with Crippen molar-refractivity contribution in [2.45, 2.75) is 9.73 Å². The number of carbonyl (C=O) groups is 1. The quantitative estimate of drug-likeness (QED) is 0.663. The van der Waals surface area contributed by atoms with Gasteiger partial charge in [0, 0.05) is 5.56 Å². The fraction of sp³-hybridized carbons (Fsp3) is 0.125. The van der Waals surface area contributed by atoms with E-state index in [-0.39, 0.29) is 10.5 Å². The minimum atomic E-state index is -3.95. The van der Waals surface area contributed by atoms with Gasteiger partial charge in [-0.1, -0.05) is 35.3 Å².